The SMILES string of the molecule is Cc1ccsc1C(O)CNC(=O)c1cccc(C(F)(F)F)c1. The van der Waals surface area contributed by atoms with Gasteiger partial charge in [-0.2, -0.15) is 13.2 Å². The van der Waals surface area contributed by atoms with E-state index in [1.807, 2.05) is 18.4 Å². The fourth-order valence-corrected chi connectivity index (χ4v) is 2.86. The lowest BCUT2D eigenvalue weighted by Gasteiger charge is -2.12. The van der Waals surface area contributed by atoms with Crippen molar-refractivity contribution in [3.63, 3.8) is 0 Å². The fourth-order valence-electron chi connectivity index (χ4n) is 1.95. The summed E-state index contributed by atoms with van der Waals surface area (Å²) in [6, 6.07) is 6.02. The molecule has 1 aromatic carbocycles. The molecule has 7 heteroatoms. The van der Waals surface area contributed by atoms with Crippen LogP contribution in [0, 0.1) is 6.92 Å². The Labute approximate surface area is 129 Å². The second kappa shape index (κ2) is 6.50. The lowest BCUT2D eigenvalue weighted by atomic mass is 10.1. The highest BCUT2D eigenvalue weighted by Crippen LogP contribution is 2.29. The molecule has 0 fully saturated rings. The number of carbonyl (C=O) groups is 1. The van der Waals surface area contributed by atoms with Crippen LogP contribution in [0.1, 0.15) is 32.5 Å². The van der Waals surface area contributed by atoms with Crippen LogP contribution in [-0.2, 0) is 6.18 Å². The summed E-state index contributed by atoms with van der Waals surface area (Å²) < 4.78 is 37.8. The lowest BCUT2D eigenvalue weighted by Crippen LogP contribution is -2.28. The van der Waals surface area contributed by atoms with Crippen molar-refractivity contribution in [3.8, 4) is 0 Å². The van der Waals surface area contributed by atoms with Crippen molar-refractivity contribution in [3.05, 3.63) is 57.3 Å². The Bertz CT molecular complexity index is 667. The molecule has 0 bridgehead atoms. The van der Waals surface area contributed by atoms with Gasteiger partial charge in [-0.15, -0.1) is 11.3 Å². The molecule has 118 valence electrons. The fraction of sp³-hybridized carbons (Fsp3) is 0.267. The van der Waals surface area contributed by atoms with Crippen LogP contribution in [0.5, 0.6) is 0 Å². The van der Waals surface area contributed by atoms with E-state index in [0.29, 0.717) is 0 Å². The number of nitrogens with one attached hydrogen (secondary N) is 1. The average molecular weight is 329 g/mol. The molecule has 1 unspecified atom stereocenters. The Morgan fingerprint density at radius 1 is 1.36 bits per heavy atom. The summed E-state index contributed by atoms with van der Waals surface area (Å²) in [7, 11) is 0. The van der Waals surface area contributed by atoms with Gasteiger partial charge in [0.1, 0.15) is 6.10 Å². The second-order valence-electron chi connectivity index (χ2n) is 4.77. The maximum Gasteiger partial charge on any atom is 0.416 e. The minimum atomic E-state index is -4.50. The van der Waals surface area contributed by atoms with Gasteiger partial charge < -0.3 is 10.4 Å². The van der Waals surface area contributed by atoms with Gasteiger partial charge >= 0.3 is 6.18 Å². The van der Waals surface area contributed by atoms with Crippen LogP contribution >= 0.6 is 11.3 Å². The van der Waals surface area contributed by atoms with Crippen LogP contribution in [0.3, 0.4) is 0 Å². The molecule has 0 saturated carbocycles. The molecule has 0 aliphatic rings. The van der Waals surface area contributed by atoms with E-state index >= 15 is 0 Å². The number of aryl methyl sites for hydroxylation is 1. The molecule has 2 aromatic rings. The summed E-state index contributed by atoms with van der Waals surface area (Å²) in [5.74, 6) is -0.653. The topological polar surface area (TPSA) is 49.3 Å². The first-order valence-corrected chi connectivity index (χ1v) is 7.34. The number of rotatable bonds is 4. The molecule has 0 aliphatic carbocycles. The van der Waals surface area contributed by atoms with Crippen molar-refractivity contribution in [2.24, 2.45) is 0 Å². The first-order chi connectivity index (χ1) is 10.3. The largest absolute Gasteiger partial charge is 0.416 e. The molecule has 22 heavy (non-hydrogen) atoms. The molecule has 2 N–H and O–H groups in total. The summed E-state index contributed by atoms with van der Waals surface area (Å²) in [5, 5.41) is 14.3. The molecule has 1 aromatic heterocycles. The van der Waals surface area contributed by atoms with E-state index in [1.165, 1.54) is 23.5 Å². The molecule has 3 nitrogen and oxygen atoms in total. The lowest BCUT2D eigenvalue weighted by molar-refractivity contribution is -0.137. The van der Waals surface area contributed by atoms with Gasteiger partial charge in [0.25, 0.3) is 5.91 Å². The predicted octanol–water partition coefficient (Wildman–Crippen LogP) is 3.54. The summed E-state index contributed by atoms with van der Waals surface area (Å²) in [4.78, 5) is 12.6. The molecule has 1 amide bonds. The monoisotopic (exact) mass is 329 g/mol. The Hall–Kier alpha value is -1.86. The van der Waals surface area contributed by atoms with Gasteiger partial charge in [-0.05, 0) is 42.1 Å². The number of hydrogen-bond donors (Lipinski definition) is 2. The zero-order valence-corrected chi connectivity index (χ0v) is 12.5. The van der Waals surface area contributed by atoms with Gasteiger partial charge in [0.15, 0.2) is 0 Å². The summed E-state index contributed by atoms with van der Waals surface area (Å²) in [6.45, 7) is 1.78. The van der Waals surface area contributed by atoms with Crippen LogP contribution < -0.4 is 5.32 Å². The standard InChI is InChI=1S/C15H14F3NO2S/c1-9-5-6-22-13(9)12(20)8-19-14(21)10-3-2-4-11(7-10)15(16,17)18/h2-7,12,20H,8H2,1H3,(H,19,21). The summed E-state index contributed by atoms with van der Waals surface area (Å²) in [5.41, 5.74) is -0.0643. The van der Waals surface area contributed by atoms with Gasteiger partial charge in [-0.25, -0.2) is 0 Å². The minimum Gasteiger partial charge on any atom is -0.386 e. The quantitative estimate of drug-likeness (QED) is 0.901. The smallest absolute Gasteiger partial charge is 0.386 e. The molecular weight excluding hydrogens is 315 g/mol. The van der Waals surface area contributed by atoms with E-state index in [1.54, 1.807) is 0 Å². The normalized spacial score (nSPS) is 13.0. The van der Waals surface area contributed by atoms with Crippen LogP contribution in [0.4, 0.5) is 13.2 Å². The van der Waals surface area contributed by atoms with Crippen molar-refractivity contribution < 1.29 is 23.1 Å². The number of thiophene rings is 1. The van der Waals surface area contributed by atoms with E-state index in [4.69, 9.17) is 0 Å². The molecule has 2 rings (SSSR count). The number of carbonyl (C=O) groups excluding carboxylic acids is 1. The van der Waals surface area contributed by atoms with Crippen molar-refractivity contribution in [2.45, 2.75) is 19.2 Å². The molecule has 0 aliphatic heterocycles. The minimum absolute atomic E-state index is 0.0591. The van der Waals surface area contributed by atoms with Gasteiger partial charge in [0, 0.05) is 17.0 Å². The maximum atomic E-state index is 12.6. The number of aliphatic hydroxyl groups is 1. The van der Waals surface area contributed by atoms with Crippen molar-refractivity contribution in [1.82, 2.24) is 5.32 Å². The van der Waals surface area contributed by atoms with E-state index in [-0.39, 0.29) is 12.1 Å². The third-order valence-corrected chi connectivity index (χ3v) is 4.23. The van der Waals surface area contributed by atoms with E-state index in [9.17, 15) is 23.1 Å². The van der Waals surface area contributed by atoms with E-state index in [0.717, 1.165) is 22.6 Å². The highest BCUT2D eigenvalue weighted by Gasteiger charge is 2.30. The van der Waals surface area contributed by atoms with Gasteiger partial charge in [-0.1, -0.05) is 6.07 Å². The van der Waals surface area contributed by atoms with E-state index < -0.39 is 23.8 Å². The predicted molar refractivity (Wildman–Crippen MR) is 77.8 cm³/mol. The number of aliphatic hydroxyl groups excluding tert-OH is 1. The number of benzene rings is 1. The van der Waals surface area contributed by atoms with Crippen LogP contribution in [0.2, 0.25) is 0 Å². The number of halogens is 3. The van der Waals surface area contributed by atoms with Crippen LogP contribution in [-0.4, -0.2) is 17.6 Å². The van der Waals surface area contributed by atoms with Crippen LogP contribution in [0.25, 0.3) is 0 Å². The molecule has 0 radical (unpaired) electrons. The second-order valence-corrected chi connectivity index (χ2v) is 5.72. The number of alkyl halides is 3. The number of amides is 1. The van der Waals surface area contributed by atoms with Gasteiger partial charge in [0.2, 0.25) is 0 Å². The molecule has 1 heterocycles. The molecule has 0 spiro atoms. The third-order valence-electron chi connectivity index (χ3n) is 3.11. The Balaban J connectivity index is 2.02. The van der Waals surface area contributed by atoms with Gasteiger partial charge in [0.05, 0.1) is 5.56 Å². The zero-order chi connectivity index (χ0) is 16.3. The van der Waals surface area contributed by atoms with Gasteiger partial charge in [-0.3, -0.25) is 4.79 Å². The van der Waals surface area contributed by atoms with Crippen molar-refractivity contribution in [2.75, 3.05) is 6.54 Å². The van der Waals surface area contributed by atoms with E-state index in [2.05, 4.69) is 5.32 Å². The first kappa shape index (κ1) is 16.5. The Morgan fingerprint density at radius 2 is 2.09 bits per heavy atom. The Morgan fingerprint density at radius 3 is 2.68 bits per heavy atom. The summed E-state index contributed by atoms with van der Waals surface area (Å²) >= 11 is 1.36. The van der Waals surface area contributed by atoms with Crippen LogP contribution in [0.15, 0.2) is 35.7 Å². The Kier molecular flexibility index (Phi) is 4.87. The highest BCUT2D eigenvalue weighted by atomic mass is 32.1. The van der Waals surface area contributed by atoms with Crippen molar-refractivity contribution in [1.29, 1.82) is 0 Å². The summed E-state index contributed by atoms with van der Waals surface area (Å²) in [6.07, 6.45) is -5.38. The first-order valence-electron chi connectivity index (χ1n) is 6.46. The highest BCUT2D eigenvalue weighted by molar-refractivity contribution is 7.10. The zero-order valence-electron chi connectivity index (χ0n) is 11.6. The molecular formula is C15H14F3NO2S. The maximum absolute atomic E-state index is 12.6. The van der Waals surface area contributed by atoms with Crippen molar-refractivity contribution >= 4 is 17.2 Å². The molecule has 1 atom stereocenters. The number of hydrogen-bond acceptors (Lipinski definition) is 3. The third kappa shape index (κ3) is 3.86. The average Bonchev–Trinajstić information content (AvgIpc) is 2.90. The molecule has 0 saturated heterocycles.